The second-order valence-corrected chi connectivity index (χ2v) is 8.39. The molecule has 4 rings (SSSR count). The van der Waals surface area contributed by atoms with Gasteiger partial charge in [-0.05, 0) is 70.8 Å². The third kappa shape index (κ3) is 2.50. The molecule has 4 heteroatoms. The maximum atomic E-state index is 6.33. The Kier molecular flexibility index (Phi) is 3.98. The summed E-state index contributed by atoms with van der Waals surface area (Å²) >= 11 is 6.33. The Bertz CT molecular complexity index is 523. The zero-order chi connectivity index (χ0) is 15.3. The van der Waals surface area contributed by atoms with E-state index in [1.54, 1.807) is 0 Å². The molecule has 2 bridgehead atoms. The van der Waals surface area contributed by atoms with Crippen LogP contribution in [0.2, 0.25) is 0 Å². The SMILES string of the molecule is Cc1cc(C2C(C3CCC(Cl)CC3)CC3CCC2N3C)on1. The van der Waals surface area contributed by atoms with Gasteiger partial charge in [0.2, 0.25) is 0 Å². The predicted octanol–water partition coefficient (Wildman–Crippen LogP) is 4.35. The molecule has 3 aliphatic rings. The Hall–Kier alpha value is -0.540. The van der Waals surface area contributed by atoms with Crippen molar-refractivity contribution in [2.24, 2.45) is 11.8 Å². The van der Waals surface area contributed by atoms with Crippen LogP contribution in [0.25, 0.3) is 0 Å². The highest BCUT2D eigenvalue weighted by molar-refractivity contribution is 6.20. The molecule has 0 amide bonds. The van der Waals surface area contributed by atoms with Crippen molar-refractivity contribution < 1.29 is 4.52 Å². The highest BCUT2D eigenvalue weighted by Gasteiger charge is 2.49. The molecule has 4 atom stereocenters. The number of aromatic nitrogens is 1. The molecule has 0 aromatic carbocycles. The van der Waals surface area contributed by atoms with E-state index in [2.05, 4.69) is 23.2 Å². The molecule has 0 radical (unpaired) electrons. The van der Waals surface area contributed by atoms with Gasteiger partial charge in [-0.25, -0.2) is 0 Å². The van der Waals surface area contributed by atoms with Crippen LogP contribution in [0.5, 0.6) is 0 Å². The summed E-state index contributed by atoms with van der Waals surface area (Å²) in [4.78, 5) is 2.62. The number of alkyl halides is 1. The third-order valence-corrected chi connectivity index (χ3v) is 7.03. The molecule has 0 spiro atoms. The summed E-state index contributed by atoms with van der Waals surface area (Å²) in [5, 5.41) is 4.58. The van der Waals surface area contributed by atoms with E-state index in [0.29, 0.717) is 17.3 Å². The van der Waals surface area contributed by atoms with Crippen LogP contribution in [0.3, 0.4) is 0 Å². The molecule has 3 fully saturated rings. The van der Waals surface area contributed by atoms with E-state index >= 15 is 0 Å². The van der Waals surface area contributed by atoms with E-state index in [-0.39, 0.29) is 0 Å². The Morgan fingerprint density at radius 1 is 1.18 bits per heavy atom. The molecule has 3 heterocycles. The van der Waals surface area contributed by atoms with Gasteiger partial charge in [0.25, 0.3) is 0 Å². The minimum absolute atomic E-state index is 0.408. The smallest absolute Gasteiger partial charge is 0.141 e. The lowest BCUT2D eigenvalue weighted by atomic mass is 9.67. The van der Waals surface area contributed by atoms with Crippen molar-refractivity contribution in [2.75, 3.05) is 7.05 Å². The van der Waals surface area contributed by atoms with Gasteiger partial charge in [-0.1, -0.05) is 5.16 Å². The number of rotatable bonds is 2. The zero-order valence-electron chi connectivity index (χ0n) is 13.7. The highest BCUT2D eigenvalue weighted by atomic mass is 35.5. The predicted molar refractivity (Wildman–Crippen MR) is 88.3 cm³/mol. The second kappa shape index (κ2) is 5.83. The molecule has 1 aromatic rings. The summed E-state index contributed by atoms with van der Waals surface area (Å²) in [6, 6.07) is 3.60. The molecule has 1 aromatic heterocycles. The molecule has 4 unspecified atom stereocenters. The maximum Gasteiger partial charge on any atom is 0.141 e. The summed E-state index contributed by atoms with van der Waals surface area (Å²) < 4.78 is 5.74. The Balaban J connectivity index is 1.63. The van der Waals surface area contributed by atoms with Crippen molar-refractivity contribution >= 4 is 11.6 Å². The van der Waals surface area contributed by atoms with Crippen molar-refractivity contribution in [1.82, 2.24) is 10.1 Å². The quantitative estimate of drug-likeness (QED) is 0.758. The topological polar surface area (TPSA) is 29.3 Å². The van der Waals surface area contributed by atoms with Gasteiger partial charge in [0, 0.05) is 29.4 Å². The maximum absolute atomic E-state index is 6.33. The number of hydrogen-bond donors (Lipinski definition) is 0. The van der Waals surface area contributed by atoms with Gasteiger partial charge in [-0.2, -0.15) is 0 Å². The number of nitrogens with zero attached hydrogens (tertiary/aromatic N) is 2. The lowest BCUT2D eigenvalue weighted by Gasteiger charge is -2.46. The first-order chi connectivity index (χ1) is 10.6. The fraction of sp³-hybridized carbons (Fsp3) is 0.833. The minimum atomic E-state index is 0.408. The van der Waals surface area contributed by atoms with E-state index in [0.717, 1.165) is 29.3 Å². The van der Waals surface area contributed by atoms with Crippen molar-refractivity contribution in [3.8, 4) is 0 Å². The van der Waals surface area contributed by atoms with Crippen LogP contribution in [0.15, 0.2) is 10.6 Å². The summed E-state index contributed by atoms with van der Waals surface area (Å²) in [6.45, 7) is 2.03. The van der Waals surface area contributed by atoms with Gasteiger partial charge in [-0.3, -0.25) is 4.90 Å². The lowest BCUT2D eigenvalue weighted by Crippen LogP contribution is -2.47. The van der Waals surface area contributed by atoms with E-state index in [1.807, 2.05) is 6.92 Å². The largest absolute Gasteiger partial charge is 0.361 e. The number of hydrogen-bond acceptors (Lipinski definition) is 3. The van der Waals surface area contributed by atoms with Gasteiger partial charge in [0.1, 0.15) is 5.76 Å². The second-order valence-electron chi connectivity index (χ2n) is 7.77. The van der Waals surface area contributed by atoms with E-state index in [9.17, 15) is 0 Å². The highest BCUT2D eigenvalue weighted by Crippen LogP contribution is 2.52. The Morgan fingerprint density at radius 3 is 2.64 bits per heavy atom. The Labute approximate surface area is 138 Å². The van der Waals surface area contributed by atoms with E-state index < -0.39 is 0 Å². The summed E-state index contributed by atoms with van der Waals surface area (Å²) in [6.07, 6.45) is 8.97. The first kappa shape index (κ1) is 15.0. The van der Waals surface area contributed by atoms with Crippen LogP contribution in [-0.2, 0) is 0 Å². The van der Waals surface area contributed by atoms with Crippen LogP contribution >= 0.6 is 11.6 Å². The molecule has 0 N–H and O–H groups in total. The summed E-state index contributed by atoms with van der Waals surface area (Å²) in [7, 11) is 2.31. The number of piperidine rings is 1. The van der Waals surface area contributed by atoms with Crippen LogP contribution in [0.1, 0.15) is 62.3 Å². The zero-order valence-corrected chi connectivity index (χ0v) is 14.4. The van der Waals surface area contributed by atoms with Crippen LogP contribution < -0.4 is 0 Å². The fourth-order valence-electron chi connectivity index (χ4n) is 5.44. The lowest BCUT2D eigenvalue weighted by molar-refractivity contribution is 0.0519. The van der Waals surface area contributed by atoms with Crippen molar-refractivity contribution in [2.45, 2.75) is 75.2 Å². The average molecular weight is 323 g/mol. The molecule has 22 heavy (non-hydrogen) atoms. The Morgan fingerprint density at radius 2 is 1.95 bits per heavy atom. The monoisotopic (exact) mass is 322 g/mol. The molecular weight excluding hydrogens is 296 g/mol. The fourth-order valence-corrected chi connectivity index (χ4v) is 5.69. The molecule has 1 saturated carbocycles. The first-order valence-electron chi connectivity index (χ1n) is 8.92. The van der Waals surface area contributed by atoms with Gasteiger partial charge in [0.05, 0.1) is 5.69 Å². The number of halogens is 1. The summed E-state index contributed by atoms with van der Waals surface area (Å²) in [5.41, 5.74) is 1.01. The molecule has 122 valence electrons. The van der Waals surface area contributed by atoms with Gasteiger partial charge in [0.15, 0.2) is 0 Å². The standard InChI is InChI=1S/C18H27ClN2O/c1-11-9-17(22-20-11)18-15(12-3-5-13(19)6-4-12)10-14-7-8-16(18)21(14)2/h9,12-16,18H,3-8,10H2,1-2H3. The normalized spacial score (nSPS) is 42.7. The number of fused-ring (bicyclic) bond motifs is 2. The van der Waals surface area contributed by atoms with Crippen LogP contribution in [0, 0.1) is 18.8 Å². The molecule has 3 nitrogen and oxygen atoms in total. The van der Waals surface area contributed by atoms with Gasteiger partial charge >= 0.3 is 0 Å². The van der Waals surface area contributed by atoms with Gasteiger partial charge in [-0.15, -0.1) is 11.6 Å². The molecule has 2 saturated heterocycles. The van der Waals surface area contributed by atoms with Crippen molar-refractivity contribution in [3.05, 3.63) is 17.5 Å². The molecular formula is C18H27ClN2O. The average Bonchev–Trinajstić information content (AvgIpc) is 3.02. The van der Waals surface area contributed by atoms with Crippen molar-refractivity contribution in [1.29, 1.82) is 0 Å². The van der Waals surface area contributed by atoms with Crippen LogP contribution in [0.4, 0.5) is 0 Å². The first-order valence-corrected chi connectivity index (χ1v) is 9.36. The molecule has 1 aliphatic carbocycles. The van der Waals surface area contributed by atoms with E-state index in [1.165, 1.54) is 44.9 Å². The van der Waals surface area contributed by atoms with Crippen LogP contribution in [-0.4, -0.2) is 34.6 Å². The van der Waals surface area contributed by atoms with Crippen molar-refractivity contribution in [3.63, 3.8) is 0 Å². The van der Waals surface area contributed by atoms with Gasteiger partial charge < -0.3 is 4.52 Å². The van der Waals surface area contributed by atoms with E-state index in [4.69, 9.17) is 16.1 Å². The third-order valence-electron chi connectivity index (χ3n) is 6.60. The minimum Gasteiger partial charge on any atom is -0.361 e. The summed E-state index contributed by atoms with van der Waals surface area (Å²) in [5.74, 6) is 3.24. The molecule has 2 aliphatic heterocycles. The number of aryl methyl sites for hydroxylation is 1. The number of likely N-dealkylation sites (N-methyl/N-ethyl adjacent to an activating group) is 1.